The molecule has 4 heteroatoms. The summed E-state index contributed by atoms with van der Waals surface area (Å²) in [7, 11) is 1.63. The Kier molecular flexibility index (Phi) is 6.17. The molecule has 0 heterocycles. The quantitative estimate of drug-likeness (QED) is 0.866. The van der Waals surface area contributed by atoms with Gasteiger partial charge in [-0.2, -0.15) is 0 Å². The number of nitrogens with zero attached hydrogens (tertiary/aromatic N) is 1. The van der Waals surface area contributed by atoms with E-state index in [0.717, 1.165) is 11.1 Å². The maximum atomic E-state index is 12.7. The van der Waals surface area contributed by atoms with Gasteiger partial charge in [0.15, 0.2) is 0 Å². The summed E-state index contributed by atoms with van der Waals surface area (Å²) in [6.07, 6.45) is 0. The van der Waals surface area contributed by atoms with Crippen LogP contribution in [0.3, 0.4) is 0 Å². The van der Waals surface area contributed by atoms with Gasteiger partial charge in [-0.1, -0.05) is 39.0 Å². The highest BCUT2D eigenvalue weighted by Gasteiger charge is 2.24. The summed E-state index contributed by atoms with van der Waals surface area (Å²) in [6, 6.07) is 7.78. The van der Waals surface area contributed by atoms with Gasteiger partial charge in [0.1, 0.15) is 0 Å². The Bertz CT molecular complexity index is 438. The van der Waals surface area contributed by atoms with Crippen molar-refractivity contribution >= 4 is 5.91 Å². The Labute approximate surface area is 121 Å². The summed E-state index contributed by atoms with van der Waals surface area (Å²) in [5.41, 5.74) is 7.35. The molecule has 2 N–H and O–H groups in total. The van der Waals surface area contributed by atoms with Gasteiger partial charge in [0.2, 0.25) is 0 Å². The molecule has 0 aliphatic carbocycles. The monoisotopic (exact) mass is 278 g/mol. The van der Waals surface area contributed by atoms with Crippen LogP contribution in [0.4, 0.5) is 0 Å². The molecule has 0 aliphatic heterocycles. The van der Waals surface area contributed by atoms with Crippen LogP contribution in [0.1, 0.15) is 36.7 Å². The second kappa shape index (κ2) is 7.41. The van der Waals surface area contributed by atoms with Crippen LogP contribution in [-0.2, 0) is 10.2 Å². The lowest BCUT2D eigenvalue weighted by Crippen LogP contribution is -2.38. The van der Waals surface area contributed by atoms with E-state index in [-0.39, 0.29) is 11.3 Å². The van der Waals surface area contributed by atoms with Gasteiger partial charge in [-0.15, -0.1) is 0 Å². The Morgan fingerprint density at radius 3 is 2.45 bits per heavy atom. The van der Waals surface area contributed by atoms with Crippen LogP contribution in [0.2, 0.25) is 0 Å². The average molecular weight is 278 g/mol. The molecule has 0 unspecified atom stereocenters. The third kappa shape index (κ3) is 4.32. The van der Waals surface area contributed by atoms with E-state index in [0.29, 0.717) is 26.2 Å². The summed E-state index contributed by atoms with van der Waals surface area (Å²) in [6.45, 7) is 8.41. The van der Waals surface area contributed by atoms with Gasteiger partial charge in [0, 0.05) is 32.3 Å². The summed E-state index contributed by atoms with van der Waals surface area (Å²) in [5, 5.41) is 0. The van der Waals surface area contributed by atoms with Crippen LogP contribution < -0.4 is 5.73 Å². The second-order valence-corrected chi connectivity index (χ2v) is 5.87. The molecule has 1 aromatic carbocycles. The van der Waals surface area contributed by atoms with Gasteiger partial charge in [-0.05, 0) is 17.0 Å². The minimum Gasteiger partial charge on any atom is -0.383 e. The van der Waals surface area contributed by atoms with Crippen molar-refractivity contribution in [1.82, 2.24) is 4.90 Å². The molecule has 0 spiro atoms. The zero-order valence-corrected chi connectivity index (χ0v) is 13.0. The minimum absolute atomic E-state index is 0.0259. The normalized spacial score (nSPS) is 11.4. The maximum absolute atomic E-state index is 12.7. The molecule has 112 valence electrons. The molecule has 1 amide bonds. The largest absolute Gasteiger partial charge is 0.383 e. The number of methoxy groups -OCH3 is 1. The standard InChI is InChI=1S/C16H26N2O2/c1-16(2,3)14-8-6-5-7-13(14)15(19)18(10-9-17)11-12-20-4/h5-8H,9-12,17H2,1-4H3. The van der Waals surface area contributed by atoms with Crippen LogP contribution in [0.5, 0.6) is 0 Å². The van der Waals surface area contributed by atoms with Crippen LogP contribution >= 0.6 is 0 Å². The Balaban J connectivity index is 3.05. The third-order valence-electron chi connectivity index (χ3n) is 3.22. The van der Waals surface area contributed by atoms with Crippen LogP contribution in [-0.4, -0.2) is 44.2 Å². The van der Waals surface area contributed by atoms with E-state index in [9.17, 15) is 4.79 Å². The third-order valence-corrected chi connectivity index (χ3v) is 3.22. The predicted octanol–water partition coefficient (Wildman–Crippen LogP) is 2.03. The molecule has 0 aromatic heterocycles. The zero-order valence-electron chi connectivity index (χ0n) is 13.0. The van der Waals surface area contributed by atoms with Crippen molar-refractivity contribution in [3.05, 3.63) is 35.4 Å². The van der Waals surface area contributed by atoms with Crippen molar-refractivity contribution < 1.29 is 9.53 Å². The Morgan fingerprint density at radius 1 is 1.25 bits per heavy atom. The fourth-order valence-electron chi connectivity index (χ4n) is 2.17. The zero-order chi connectivity index (χ0) is 15.2. The number of rotatable bonds is 6. The summed E-state index contributed by atoms with van der Waals surface area (Å²) < 4.78 is 5.07. The maximum Gasteiger partial charge on any atom is 0.254 e. The molecule has 0 radical (unpaired) electrons. The summed E-state index contributed by atoms with van der Waals surface area (Å²) in [5.74, 6) is 0.0259. The van der Waals surface area contributed by atoms with Crippen molar-refractivity contribution in [2.45, 2.75) is 26.2 Å². The predicted molar refractivity (Wildman–Crippen MR) is 82.0 cm³/mol. The number of hydrogen-bond acceptors (Lipinski definition) is 3. The topological polar surface area (TPSA) is 55.6 Å². The van der Waals surface area contributed by atoms with E-state index in [1.165, 1.54) is 0 Å². The van der Waals surface area contributed by atoms with Gasteiger partial charge in [0.25, 0.3) is 5.91 Å². The molecule has 0 saturated carbocycles. The van der Waals surface area contributed by atoms with E-state index in [4.69, 9.17) is 10.5 Å². The van der Waals surface area contributed by atoms with Gasteiger partial charge >= 0.3 is 0 Å². The molecule has 1 rings (SSSR count). The first-order valence-corrected chi connectivity index (χ1v) is 6.99. The average Bonchev–Trinajstić information content (AvgIpc) is 2.42. The molecule has 0 atom stereocenters. The molecule has 1 aromatic rings. The molecule has 0 fully saturated rings. The van der Waals surface area contributed by atoms with Crippen LogP contribution in [0.25, 0.3) is 0 Å². The fourth-order valence-corrected chi connectivity index (χ4v) is 2.17. The molecule has 0 bridgehead atoms. The fraction of sp³-hybridized carbons (Fsp3) is 0.562. The lowest BCUT2D eigenvalue weighted by Gasteiger charge is -2.27. The minimum atomic E-state index is -0.0676. The van der Waals surface area contributed by atoms with Crippen LogP contribution in [0.15, 0.2) is 24.3 Å². The molecule has 0 saturated heterocycles. The number of hydrogen-bond donors (Lipinski definition) is 1. The van der Waals surface area contributed by atoms with E-state index in [2.05, 4.69) is 20.8 Å². The first-order chi connectivity index (χ1) is 9.41. The summed E-state index contributed by atoms with van der Waals surface area (Å²) >= 11 is 0. The number of amides is 1. The van der Waals surface area contributed by atoms with Crippen molar-refractivity contribution in [2.24, 2.45) is 5.73 Å². The lowest BCUT2D eigenvalue weighted by molar-refractivity contribution is 0.0699. The first kappa shape index (κ1) is 16.7. The highest BCUT2D eigenvalue weighted by Crippen LogP contribution is 2.26. The molecular weight excluding hydrogens is 252 g/mol. The first-order valence-electron chi connectivity index (χ1n) is 6.99. The van der Waals surface area contributed by atoms with Crippen molar-refractivity contribution in [2.75, 3.05) is 33.4 Å². The number of benzene rings is 1. The molecule has 0 aliphatic rings. The highest BCUT2D eigenvalue weighted by molar-refractivity contribution is 5.96. The second-order valence-electron chi connectivity index (χ2n) is 5.87. The number of nitrogens with two attached hydrogens (primary N) is 1. The van der Waals surface area contributed by atoms with Crippen LogP contribution in [0, 0.1) is 0 Å². The van der Waals surface area contributed by atoms with Gasteiger partial charge in [-0.25, -0.2) is 0 Å². The number of ether oxygens (including phenoxy) is 1. The van der Waals surface area contributed by atoms with E-state index < -0.39 is 0 Å². The molecule has 20 heavy (non-hydrogen) atoms. The van der Waals surface area contributed by atoms with Crippen molar-refractivity contribution in [1.29, 1.82) is 0 Å². The SMILES string of the molecule is COCCN(CCN)C(=O)c1ccccc1C(C)(C)C. The summed E-state index contributed by atoms with van der Waals surface area (Å²) in [4.78, 5) is 14.5. The van der Waals surface area contributed by atoms with Gasteiger partial charge < -0.3 is 15.4 Å². The van der Waals surface area contributed by atoms with E-state index in [1.54, 1.807) is 12.0 Å². The molecular formula is C16H26N2O2. The number of carbonyl (C=O) groups is 1. The molecule has 4 nitrogen and oxygen atoms in total. The lowest BCUT2D eigenvalue weighted by atomic mass is 9.83. The van der Waals surface area contributed by atoms with Crippen molar-refractivity contribution in [3.8, 4) is 0 Å². The van der Waals surface area contributed by atoms with E-state index in [1.807, 2.05) is 24.3 Å². The highest BCUT2D eigenvalue weighted by atomic mass is 16.5. The van der Waals surface area contributed by atoms with Crippen molar-refractivity contribution in [3.63, 3.8) is 0 Å². The van der Waals surface area contributed by atoms with Gasteiger partial charge in [-0.3, -0.25) is 4.79 Å². The Hall–Kier alpha value is -1.39. The Morgan fingerprint density at radius 2 is 1.90 bits per heavy atom. The smallest absolute Gasteiger partial charge is 0.254 e. The number of carbonyl (C=O) groups excluding carboxylic acids is 1. The van der Waals surface area contributed by atoms with Gasteiger partial charge in [0.05, 0.1) is 6.61 Å². The van der Waals surface area contributed by atoms with E-state index >= 15 is 0 Å².